The number of aromatic nitrogens is 1. The van der Waals surface area contributed by atoms with Gasteiger partial charge in [0.2, 0.25) is 0 Å². The molecule has 1 rings (SSSR count). The second kappa shape index (κ2) is 3.83. The van der Waals surface area contributed by atoms with E-state index in [1.165, 1.54) is 5.69 Å². The van der Waals surface area contributed by atoms with Crippen LogP contribution >= 0.6 is 11.3 Å². The third-order valence-electron chi connectivity index (χ3n) is 1.52. The lowest BCUT2D eigenvalue weighted by molar-refractivity contribution is 0.659. The standard InChI is InChI=1S/C8H14N2S/c1-6(9)3-4-8-5-11-7(2)10-8/h5-6H,3-4,9H2,1-2H3. The molecule has 0 aliphatic heterocycles. The lowest BCUT2D eigenvalue weighted by Crippen LogP contribution is -2.15. The van der Waals surface area contributed by atoms with Crippen LogP contribution in [0.25, 0.3) is 0 Å². The molecule has 0 radical (unpaired) electrons. The zero-order valence-corrected chi connectivity index (χ0v) is 7.82. The summed E-state index contributed by atoms with van der Waals surface area (Å²) in [4.78, 5) is 4.35. The highest BCUT2D eigenvalue weighted by atomic mass is 32.1. The molecule has 1 aromatic heterocycles. The summed E-state index contributed by atoms with van der Waals surface area (Å²) in [6.45, 7) is 4.05. The summed E-state index contributed by atoms with van der Waals surface area (Å²) in [6, 6.07) is 0.289. The van der Waals surface area contributed by atoms with Gasteiger partial charge in [-0.25, -0.2) is 4.98 Å². The van der Waals surface area contributed by atoms with E-state index >= 15 is 0 Å². The fourth-order valence-electron chi connectivity index (χ4n) is 0.899. The van der Waals surface area contributed by atoms with E-state index in [1.807, 2.05) is 13.8 Å². The number of hydrogen-bond acceptors (Lipinski definition) is 3. The Kier molecular flexibility index (Phi) is 3.02. The molecular weight excluding hydrogens is 156 g/mol. The van der Waals surface area contributed by atoms with Crippen LogP contribution < -0.4 is 5.73 Å². The predicted molar refractivity (Wildman–Crippen MR) is 48.8 cm³/mol. The first-order valence-corrected chi connectivity index (χ1v) is 4.73. The average molecular weight is 170 g/mol. The van der Waals surface area contributed by atoms with Crippen molar-refractivity contribution in [1.29, 1.82) is 0 Å². The van der Waals surface area contributed by atoms with E-state index in [0.29, 0.717) is 0 Å². The van der Waals surface area contributed by atoms with Crippen molar-refractivity contribution >= 4 is 11.3 Å². The number of thiazole rings is 1. The molecular formula is C8H14N2S. The molecule has 0 amide bonds. The maximum atomic E-state index is 5.62. The summed E-state index contributed by atoms with van der Waals surface area (Å²) < 4.78 is 0. The summed E-state index contributed by atoms with van der Waals surface area (Å²) in [5.74, 6) is 0. The zero-order valence-electron chi connectivity index (χ0n) is 7.00. The first kappa shape index (κ1) is 8.68. The molecule has 11 heavy (non-hydrogen) atoms. The summed E-state index contributed by atoms with van der Waals surface area (Å²) in [7, 11) is 0. The SMILES string of the molecule is Cc1nc(CCC(C)N)cs1. The number of nitrogens with zero attached hydrogens (tertiary/aromatic N) is 1. The van der Waals surface area contributed by atoms with E-state index in [2.05, 4.69) is 10.4 Å². The molecule has 2 N–H and O–H groups in total. The molecule has 2 nitrogen and oxygen atoms in total. The van der Waals surface area contributed by atoms with E-state index < -0.39 is 0 Å². The van der Waals surface area contributed by atoms with E-state index in [-0.39, 0.29) is 6.04 Å². The quantitative estimate of drug-likeness (QED) is 0.750. The Hall–Kier alpha value is -0.410. The van der Waals surface area contributed by atoms with Crippen LogP contribution in [0.1, 0.15) is 24.0 Å². The van der Waals surface area contributed by atoms with Crippen LogP contribution in [0.4, 0.5) is 0 Å². The largest absolute Gasteiger partial charge is 0.328 e. The van der Waals surface area contributed by atoms with Crippen LogP contribution in [0.5, 0.6) is 0 Å². The molecule has 1 atom stereocenters. The van der Waals surface area contributed by atoms with Gasteiger partial charge in [-0.2, -0.15) is 0 Å². The highest BCUT2D eigenvalue weighted by molar-refractivity contribution is 7.09. The van der Waals surface area contributed by atoms with Gasteiger partial charge in [0.15, 0.2) is 0 Å². The molecule has 0 fully saturated rings. The van der Waals surface area contributed by atoms with E-state index in [4.69, 9.17) is 5.73 Å². The third-order valence-corrected chi connectivity index (χ3v) is 2.34. The van der Waals surface area contributed by atoms with Crippen LogP contribution in [0.2, 0.25) is 0 Å². The second-order valence-corrected chi connectivity index (χ2v) is 3.94. The minimum Gasteiger partial charge on any atom is -0.328 e. The van der Waals surface area contributed by atoms with Gasteiger partial charge in [-0.1, -0.05) is 0 Å². The lowest BCUT2D eigenvalue weighted by Gasteiger charge is -2.00. The highest BCUT2D eigenvalue weighted by Gasteiger charge is 1.99. The lowest BCUT2D eigenvalue weighted by atomic mass is 10.2. The highest BCUT2D eigenvalue weighted by Crippen LogP contribution is 2.09. The molecule has 1 heterocycles. The first-order valence-electron chi connectivity index (χ1n) is 3.85. The minimum absolute atomic E-state index is 0.289. The smallest absolute Gasteiger partial charge is 0.0897 e. The molecule has 0 bridgehead atoms. The zero-order chi connectivity index (χ0) is 8.27. The van der Waals surface area contributed by atoms with E-state index in [9.17, 15) is 0 Å². The van der Waals surface area contributed by atoms with Gasteiger partial charge in [-0.15, -0.1) is 11.3 Å². The summed E-state index contributed by atoms with van der Waals surface area (Å²) in [5, 5.41) is 3.25. The third kappa shape index (κ3) is 2.99. The van der Waals surface area contributed by atoms with E-state index in [1.54, 1.807) is 11.3 Å². The molecule has 1 aromatic rings. The molecule has 0 aliphatic rings. The van der Waals surface area contributed by atoms with Crippen molar-refractivity contribution in [2.45, 2.75) is 32.7 Å². The predicted octanol–water partition coefficient (Wildman–Crippen LogP) is 1.73. The maximum Gasteiger partial charge on any atom is 0.0897 e. The van der Waals surface area contributed by atoms with Gasteiger partial charge in [0, 0.05) is 11.4 Å². The molecule has 3 heteroatoms. The van der Waals surface area contributed by atoms with Crippen molar-refractivity contribution in [2.24, 2.45) is 5.73 Å². The Balaban J connectivity index is 2.39. The summed E-state index contributed by atoms with van der Waals surface area (Å²) >= 11 is 1.70. The number of aryl methyl sites for hydroxylation is 2. The van der Waals surface area contributed by atoms with Crippen molar-refractivity contribution in [2.75, 3.05) is 0 Å². The van der Waals surface area contributed by atoms with Crippen LogP contribution in [-0.4, -0.2) is 11.0 Å². The Morgan fingerprint density at radius 2 is 2.45 bits per heavy atom. The molecule has 0 aromatic carbocycles. The van der Waals surface area contributed by atoms with Gasteiger partial charge in [-0.05, 0) is 26.7 Å². The molecule has 0 saturated carbocycles. The van der Waals surface area contributed by atoms with Crippen LogP contribution in [-0.2, 0) is 6.42 Å². The fourth-order valence-corrected chi connectivity index (χ4v) is 1.55. The van der Waals surface area contributed by atoms with Crippen molar-refractivity contribution in [3.63, 3.8) is 0 Å². The molecule has 62 valence electrons. The molecule has 0 aliphatic carbocycles. The number of nitrogens with two attached hydrogens (primary N) is 1. The van der Waals surface area contributed by atoms with Gasteiger partial charge in [0.05, 0.1) is 10.7 Å². The minimum atomic E-state index is 0.289. The Morgan fingerprint density at radius 1 is 1.73 bits per heavy atom. The van der Waals surface area contributed by atoms with Crippen LogP contribution in [0, 0.1) is 6.92 Å². The molecule has 1 unspecified atom stereocenters. The van der Waals surface area contributed by atoms with Gasteiger partial charge in [-0.3, -0.25) is 0 Å². The van der Waals surface area contributed by atoms with Crippen molar-refractivity contribution in [3.8, 4) is 0 Å². The number of rotatable bonds is 3. The van der Waals surface area contributed by atoms with Crippen molar-refractivity contribution in [1.82, 2.24) is 4.98 Å². The summed E-state index contributed by atoms with van der Waals surface area (Å²) in [5.41, 5.74) is 6.81. The van der Waals surface area contributed by atoms with Crippen LogP contribution in [0.15, 0.2) is 5.38 Å². The number of hydrogen-bond donors (Lipinski definition) is 1. The van der Waals surface area contributed by atoms with Gasteiger partial charge in [0.1, 0.15) is 0 Å². The van der Waals surface area contributed by atoms with Crippen molar-refractivity contribution in [3.05, 3.63) is 16.1 Å². The topological polar surface area (TPSA) is 38.9 Å². The summed E-state index contributed by atoms with van der Waals surface area (Å²) in [6.07, 6.45) is 2.05. The van der Waals surface area contributed by atoms with Gasteiger partial charge >= 0.3 is 0 Å². The average Bonchev–Trinajstić information content (AvgIpc) is 2.31. The second-order valence-electron chi connectivity index (χ2n) is 2.87. The first-order chi connectivity index (χ1) is 5.18. The van der Waals surface area contributed by atoms with Gasteiger partial charge < -0.3 is 5.73 Å². The molecule has 0 spiro atoms. The fraction of sp³-hybridized carbons (Fsp3) is 0.625. The Morgan fingerprint density at radius 3 is 2.91 bits per heavy atom. The Bertz CT molecular complexity index is 218. The normalized spacial score (nSPS) is 13.4. The monoisotopic (exact) mass is 170 g/mol. The van der Waals surface area contributed by atoms with Crippen molar-refractivity contribution < 1.29 is 0 Å². The van der Waals surface area contributed by atoms with E-state index in [0.717, 1.165) is 17.8 Å². The maximum absolute atomic E-state index is 5.62. The van der Waals surface area contributed by atoms with Crippen LogP contribution in [0.3, 0.4) is 0 Å². The molecule has 0 saturated heterocycles. The van der Waals surface area contributed by atoms with Gasteiger partial charge in [0.25, 0.3) is 0 Å². The Labute approximate surface area is 71.5 Å².